The van der Waals surface area contributed by atoms with Crippen LogP contribution in [0.1, 0.15) is 30.0 Å². The number of carbonyl (C=O) groups is 1. The van der Waals surface area contributed by atoms with E-state index in [1.54, 1.807) is 31.2 Å². The van der Waals surface area contributed by atoms with Crippen molar-refractivity contribution in [2.45, 2.75) is 19.9 Å². The number of hydrogen-bond acceptors (Lipinski definition) is 4. The molecule has 1 aromatic heterocycles. The second-order valence-electron chi connectivity index (χ2n) is 8.19. The van der Waals surface area contributed by atoms with Gasteiger partial charge in [-0.05, 0) is 55.8 Å². The van der Waals surface area contributed by atoms with Crippen LogP contribution in [0.3, 0.4) is 0 Å². The minimum atomic E-state index is -0.800. The number of carbonyl (C=O) groups excluding carboxylic acids is 1. The van der Waals surface area contributed by atoms with Crippen LogP contribution in [0, 0.1) is 18.6 Å². The second kappa shape index (κ2) is 8.96. The number of amides is 2. The van der Waals surface area contributed by atoms with Gasteiger partial charge in [-0.3, -0.25) is 4.90 Å². The molecule has 0 saturated heterocycles. The predicted molar refractivity (Wildman–Crippen MR) is 129 cm³/mol. The number of nitrogens with zero attached hydrogens (tertiary/aromatic N) is 3. The molecule has 9 heteroatoms. The number of aryl methyl sites for hydroxylation is 1. The Labute approximate surface area is 204 Å². The molecular formula is C26H19ClF2N4O2. The zero-order valence-electron chi connectivity index (χ0n) is 18.7. The lowest BCUT2D eigenvalue weighted by Crippen LogP contribution is -2.46. The van der Waals surface area contributed by atoms with E-state index in [9.17, 15) is 13.6 Å². The van der Waals surface area contributed by atoms with Crippen LogP contribution >= 0.6 is 11.6 Å². The van der Waals surface area contributed by atoms with Crippen molar-refractivity contribution in [1.82, 2.24) is 15.5 Å². The number of benzene rings is 3. The van der Waals surface area contributed by atoms with E-state index in [0.29, 0.717) is 27.7 Å². The van der Waals surface area contributed by atoms with Gasteiger partial charge in [-0.2, -0.15) is 4.98 Å². The van der Waals surface area contributed by atoms with Crippen LogP contribution in [0.5, 0.6) is 0 Å². The summed E-state index contributed by atoms with van der Waals surface area (Å²) in [6, 6.07) is 16.3. The van der Waals surface area contributed by atoms with Crippen LogP contribution < -0.4 is 10.2 Å². The molecule has 0 aliphatic carbocycles. The molecule has 0 bridgehead atoms. The zero-order chi connectivity index (χ0) is 24.7. The van der Waals surface area contributed by atoms with Crippen molar-refractivity contribution in [3.63, 3.8) is 0 Å². The van der Waals surface area contributed by atoms with Crippen LogP contribution in [0.15, 0.2) is 77.0 Å². The number of aromatic nitrogens is 2. The molecule has 0 fully saturated rings. The van der Waals surface area contributed by atoms with Gasteiger partial charge in [-0.25, -0.2) is 13.6 Å². The molecule has 4 aromatic rings. The molecule has 35 heavy (non-hydrogen) atoms. The van der Waals surface area contributed by atoms with Gasteiger partial charge in [0.25, 0.3) is 5.89 Å². The van der Waals surface area contributed by atoms with E-state index >= 15 is 0 Å². The third kappa shape index (κ3) is 4.40. The first-order valence-electron chi connectivity index (χ1n) is 10.7. The highest BCUT2D eigenvalue weighted by Gasteiger charge is 2.36. The molecule has 5 rings (SSSR count). The molecule has 0 saturated carbocycles. The van der Waals surface area contributed by atoms with Gasteiger partial charge in [0.15, 0.2) is 0 Å². The highest BCUT2D eigenvalue weighted by Crippen LogP contribution is 2.39. The molecule has 1 aliphatic heterocycles. The molecule has 1 N–H and O–H groups in total. The summed E-state index contributed by atoms with van der Waals surface area (Å²) in [6.45, 7) is 3.63. The van der Waals surface area contributed by atoms with Crippen molar-refractivity contribution < 1.29 is 18.1 Å². The molecule has 2 amide bonds. The Morgan fingerprint density at radius 2 is 1.63 bits per heavy atom. The van der Waals surface area contributed by atoms with Crippen molar-refractivity contribution >= 4 is 28.9 Å². The smallest absolute Gasteiger partial charge is 0.327 e. The van der Waals surface area contributed by atoms with E-state index in [0.717, 1.165) is 29.3 Å². The van der Waals surface area contributed by atoms with Crippen molar-refractivity contribution in [2.75, 3.05) is 4.90 Å². The Kier molecular flexibility index (Phi) is 5.82. The first-order chi connectivity index (χ1) is 16.8. The minimum Gasteiger partial charge on any atom is -0.334 e. The maximum absolute atomic E-state index is 14.0. The summed E-state index contributed by atoms with van der Waals surface area (Å²) in [5.74, 6) is -1.10. The Balaban J connectivity index is 1.66. The molecular weight excluding hydrogens is 474 g/mol. The fourth-order valence-corrected chi connectivity index (χ4v) is 4.18. The molecule has 2 heterocycles. The van der Waals surface area contributed by atoms with Gasteiger partial charge in [0, 0.05) is 22.3 Å². The highest BCUT2D eigenvalue weighted by molar-refractivity contribution is 6.30. The third-order valence-electron chi connectivity index (χ3n) is 5.76. The monoisotopic (exact) mass is 492 g/mol. The number of hydrogen-bond donors (Lipinski definition) is 1. The molecule has 0 radical (unpaired) electrons. The molecule has 1 aliphatic rings. The lowest BCUT2D eigenvalue weighted by Gasteiger charge is -2.35. The van der Waals surface area contributed by atoms with Crippen molar-refractivity contribution in [3.05, 3.63) is 106 Å². The lowest BCUT2D eigenvalue weighted by molar-refractivity contribution is 0.244. The first-order valence-corrected chi connectivity index (χ1v) is 11.1. The van der Waals surface area contributed by atoms with Crippen LogP contribution in [0.25, 0.3) is 17.0 Å². The van der Waals surface area contributed by atoms with E-state index in [2.05, 4.69) is 15.5 Å². The average Bonchev–Trinajstić information content (AvgIpc) is 3.29. The predicted octanol–water partition coefficient (Wildman–Crippen LogP) is 6.68. The number of anilines is 1. The highest BCUT2D eigenvalue weighted by atomic mass is 35.5. The van der Waals surface area contributed by atoms with Crippen LogP contribution in [-0.4, -0.2) is 16.2 Å². The fourth-order valence-electron chi connectivity index (χ4n) is 4.06. The van der Waals surface area contributed by atoms with E-state index in [1.165, 1.54) is 4.90 Å². The largest absolute Gasteiger partial charge is 0.334 e. The molecule has 6 nitrogen and oxygen atoms in total. The summed E-state index contributed by atoms with van der Waals surface area (Å²) in [5.41, 5.74) is 3.47. The second-order valence-corrected chi connectivity index (χ2v) is 8.62. The summed E-state index contributed by atoms with van der Waals surface area (Å²) in [5, 5.41) is 7.59. The summed E-state index contributed by atoms with van der Waals surface area (Å²) in [4.78, 5) is 18.9. The topological polar surface area (TPSA) is 71.3 Å². The summed E-state index contributed by atoms with van der Waals surface area (Å²) < 4.78 is 33.6. The van der Waals surface area contributed by atoms with Gasteiger partial charge >= 0.3 is 6.03 Å². The van der Waals surface area contributed by atoms with Crippen molar-refractivity contribution in [3.8, 4) is 11.4 Å². The number of urea groups is 1. The zero-order valence-corrected chi connectivity index (χ0v) is 19.5. The van der Waals surface area contributed by atoms with Gasteiger partial charge in [-0.15, -0.1) is 0 Å². The quantitative estimate of drug-likeness (QED) is 0.345. The van der Waals surface area contributed by atoms with Gasteiger partial charge in [0.1, 0.15) is 11.6 Å². The number of nitrogens with one attached hydrogen (secondary N) is 1. The summed E-state index contributed by atoms with van der Waals surface area (Å²) in [6.07, 6.45) is 0. The van der Waals surface area contributed by atoms with Crippen molar-refractivity contribution in [2.24, 2.45) is 0 Å². The van der Waals surface area contributed by atoms with E-state index in [1.807, 2.05) is 31.2 Å². The third-order valence-corrected chi connectivity index (χ3v) is 6.01. The number of rotatable bonds is 4. The Morgan fingerprint density at radius 3 is 2.29 bits per heavy atom. The van der Waals surface area contributed by atoms with Crippen LogP contribution in [0.2, 0.25) is 5.02 Å². The van der Waals surface area contributed by atoms with Gasteiger partial charge < -0.3 is 9.84 Å². The molecule has 1 unspecified atom stereocenters. The Bertz CT molecular complexity index is 1430. The summed E-state index contributed by atoms with van der Waals surface area (Å²) >= 11 is 5.98. The minimum absolute atomic E-state index is 0.0368. The molecule has 1 atom stereocenters. The van der Waals surface area contributed by atoms with E-state index in [4.69, 9.17) is 16.1 Å². The average molecular weight is 493 g/mol. The molecule has 3 aromatic carbocycles. The summed E-state index contributed by atoms with van der Waals surface area (Å²) in [7, 11) is 0. The maximum Gasteiger partial charge on any atom is 0.327 e. The van der Waals surface area contributed by atoms with Crippen molar-refractivity contribution in [1.29, 1.82) is 0 Å². The Hall–Kier alpha value is -4.04. The van der Waals surface area contributed by atoms with Gasteiger partial charge in [0.05, 0.1) is 17.3 Å². The fraction of sp³-hybridized carbons (Fsp3) is 0.115. The first kappa shape index (κ1) is 22.7. The molecule has 0 spiro atoms. The van der Waals surface area contributed by atoms with Gasteiger partial charge in [-0.1, -0.05) is 46.6 Å². The Morgan fingerprint density at radius 1 is 0.971 bits per heavy atom. The maximum atomic E-state index is 14.0. The van der Waals surface area contributed by atoms with Crippen LogP contribution in [-0.2, 0) is 0 Å². The normalized spacial score (nSPS) is 16.0. The van der Waals surface area contributed by atoms with Gasteiger partial charge in [0.2, 0.25) is 5.82 Å². The van der Waals surface area contributed by atoms with E-state index in [-0.39, 0.29) is 11.6 Å². The SMILES string of the molecule is CC1=C(c2nc(-c3ccc(Cl)cc3)no2)C(c2ccc(C)cc2)NC(=O)N1c1cc(F)cc(F)c1. The number of allylic oxidation sites excluding steroid dienone is 1. The van der Waals surface area contributed by atoms with E-state index < -0.39 is 23.7 Å². The number of halogens is 3. The molecule has 176 valence electrons. The standard InChI is InChI=1S/C26H19ClF2N4O2/c1-14-3-5-16(6-4-14)23-22(25-31-24(32-35-25)17-7-9-18(27)10-8-17)15(2)33(26(34)30-23)21-12-19(28)11-20(29)13-21/h3-13,23H,1-2H3,(H,30,34). The van der Waals surface area contributed by atoms with Crippen LogP contribution in [0.4, 0.5) is 19.3 Å². The lowest BCUT2D eigenvalue weighted by atomic mass is 9.94.